The molecule has 0 atom stereocenters. The van der Waals surface area contributed by atoms with Crippen LogP contribution in [0.1, 0.15) is 66.3 Å². The van der Waals surface area contributed by atoms with Crippen molar-refractivity contribution < 1.29 is 41.0 Å². The minimum absolute atomic E-state index is 0.0620. The van der Waals surface area contributed by atoms with Crippen molar-refractivity contribution in [2.45, 2.75) is 68.9 Å². The molecule has 0 bridgehead atoms. The van der Waals surface area contributed by atoms with Gasteiger partial charge in [-0.25, -0.2) is 14.8 Å². The molecule has 0 radical (unpaired) electrons. The number of carbonyl (C=O) groups is 1. The van der Waals surface area contributed by atoms with E-state index in [1.165, 1.54) is 11.3 Å². The minimum Gasteiger partial charge on any atom is -0.475 e. The highest BCUT2D eigenvalue weighted by molar-refractivity contribution is 5.73. The van der Waals surface area contributed by atoms with Crippen molar-refractivity contribution in [1.82, 2.24) is 30.0 Å². The average Bonchev–Trinajstić information content (AvgIpc) is 3.27. The van der Waals surface area contributed by atoms with Crippen molar-refractivity contribution in [3.8, 4) is 0 Å². The zero-order chi connectivity index (χ0) is 30.9. The number of aliphatic carboxylic acids is 1. The molecule has 0 spiro atoms. The summed E-state index contributed by atoms with van der Waals surface area (Å²) in [5.41, 5.74) is 2.96. The van der Waals surface area contributed by atoms with Gasteiger partial charge in [0.2, 0.25) is 5.82 Å². The highest BCUT2D eigenvalue weighted by Crippen LogP contribution is 2.42. The maximum Gasteiger partial charge on any atom is 0.490 e. The molecule has 1 saturated carbocycles. The minimum atomic E-state index is -5.08. The van der Waals surface area contributed by atoms with Crippen molar-refractivity contribution in [3.63, 3.8) is 0 Å². The van der Waals surface area contributed by atoms with Gasteiger partial charge in [-0.05, 0) is 38.2 Å². The lowest BCUT2D eigenvalue weighted by molar-refractivity contribution is -0.192. The van der Waals surface area contributed by atoms with Crippen molar-refractivity contribution in [1.29, 1.82) is 0 Å². The van der Waals surface area contributed by atoms with Gasteiger partial charge in [0, 0.05) is 74.6 Å². The second-order valence-electron chi connectivity index (χ2n) is 11.5. The summed E-state index contributed by atoms with van der Waals surface area (Å²) >= 11 is 0. The number of hydrogen-bond donors (Lipinski definition) is 2. The Morgan fingerprint density at radius 1 is 0.977 bits per heavy atom. The predicted molar refractivity (Wildman–Crippen MR) is 142 cm³/mol. The van der Waals surface area contributed by atoms with E-state index in [9.17, 15) is 26.3 Å². The Morgan fingerprint density at radius 2 is 1.60 bits per heavy atom. The van der Waals surface area contributed by atoms with E-state index in [4.69, 9.17) is 14.6 Å². The monoisotopic (exact) mass is 619 g/mol. The molecular formula is C27H35F6N7O3. The molecule has 4 fully saturated rings. The molecule has 2 N–H and O–H groups in total. The maximum atomic E-state index is 13.7. The molecule has 6 rings (SSSR count). The van der Waals surface area contributed by atoms with Crippen LogP contribution in [0.4, 0.5) is 32.2 Å². The van der Waals surface area contributed by atoms with Gasteiger partial charge in [0.05, 0.1) is 25.5 Å². The predicted octanol–water partition coefficient (Wildman–Crippen LogP) is 3.74. The fourth-order valence-electron chi connectivity index (χ4n) is 6.13. The van der Waals surface area contributed by atoms with Crippen LogP contribution in [-0.4, -0.2) is 100 Å². The van der Waals surface area contributed by atoms with E-state index in [1.54, 1.807) is 0 Å². The third-order valence-electron chi connectivity index (χ3n) is 8.63. The normalized spacial score (nSPS) is 24.1. The van der Waals surface area contributed by atoms with Crippen LogP contribution in [0.25, 0.3) is 0 Å². The maximum absolute atomic E-state index is 13.7. The molecule has 16 heteroatoms. The summed E-state index contributed by atoms with van der Waals surface area (Å²) in [6.07, 6.45) is -4.28. The number of ether oxygens (including phenoxy) is 1. The van der Waals surface area contributed by atoms with Crippen molar-refractivity contribution >= 4 is 11.8 Å². The van der Waals surface area contributed by atoms with Gasteiger partial charge in [0.25, 0.3) is 0 Å². The fraction of sp³-hybridized carbons (Fsp3) is 0.704. The summed E-state index contributed by atoms with van der Waals surface area (Å²) in [4.78, 5) is 21.3. The summed E-state index contributed by atoms with van der Waals surface area (Å²) in [5.74, 6) is -2.96. The van der Waals surface area contributed by atoms with Gasteiger partial charge in [-0.1, -0.05) is 0 Å². The van der Waals surface area contributed by atoms with E-state index in [-0.39, 0.29) is 12.0 Å². The molecule has 3 aliphatic heterocycles. The smallest absolute Gasteiger partial charge is 0.475 e. The largest absolute Gasteiger partial charge is 0.490 e. The topological polar surface area (TPSA) is 109 Å². The van der Waals surface area contributed by atoms with Crippen molar-refractivity contribution in [2.75, 3.05) is 57.4 Å². The number of nitrogens with one attached hydrogen (secondary N) is 1. The number of anilines is 1. The standard InChI is InChI=1S/C25H34F3N7O.C2HF3O2/c1-16-13-30-35(20-14-36-15-20)23(16)17-2-6-34(7-3-17)22-12-21(31-24(32-22)25(26,27)28)18-10-19(11-18)33-8-4-29-5-9-33;3-2(4,5)1(6)7/h12-13,17-20,29H,2-11,14-15H2,1H3;(H,6,7). The first-order valence-electron chi connectivity index (χ1n) is 14.4. The summed E-state index contributed by atoms with van der Waals surface area (Å²) in [5, 5.41) is 15.1. The van der Waals surface area contributed by atoms with Crippen LogP contribution in [0.15, 0.2) is 12.3 Å². The number of aryl methyl sites for hydroxylation is 1. The van der Waals surface area contributed by atoms with E-state index in [1.807, 2.05) is 17.2 Å². The first kappa shape index (κ1) is 31.4. The van der Waals surface area contributed by atoms with Crippen LogP contribution in [0.2, 0.25) is 0 Å². The molecule has 238 valence electrons. The van der Waals surface area contributed by atoms with Crippen LogP contribution < -0.4 is 10.2 Å². The highest BCUT2D eigenvalue weighted by atomic mass is 19.4. The molecule has 2 aromatic heterocycles. The van der Waals surface area contributed by atoms with E-state index in [0.717, 1.165) is 51.9 Å². The Morgan fingerprint density at radius 3 is 2.14 bits per heavy atom. The number of carboxylic acid groups (broad SMARTS) is 1. The molecule has 4 aliphatic rings. The van der Waals surface area contributed by atoms with Crippen LogP contribution in [0, 0.1) is 6.92 Å². The highest BCUT2D eigenvalue weighted by Gasteiger charge is 2.41. The molecule has 0 unspecified atom stereocenters. The van der Waals surface area contributed by atoms with Crippen LogP contribution in [0.5, 0.6) is 0 Å². The van der Waals surface area contributed by atoms with E-state index >= 15 is 0 Å². The molecule has 0 aromatic carbocycles. The Hall–Kier alpha value is -2.98. The van der Waals surface area contributed by atoms with Crippen molar-refractivity contribution in [3.05, 3.63) is 35.0 Å². The van der Waals surface area contributed by atoms with Crippen LogP contribution in [0.3, 0.4) is 0 Å². The Balaban J connectivity index is 0.000000472. The van der Waals surface area contributed by atoms with Gasteiger partial charge < -0.3 is 20.1 Å². The van der Waals surface area contributed by atoms with Gasteiger partial charge in [-0.3, -0.25) is 9.58 Å². The SMILES string of the molecule is Cc1cnn(C2COC2)c1C1CCN(c2cc(C3CC(N4CCNCC4)C3)nc(C(F)(F)F)n2)CC1.O=C(O)C(F)(F)F. The molecular weight excluding hydrogens is 584 g/mol. The van der Waals surface area contributed by atoms with Gasteiger partial charge in [0.15, 0.2) is 0 Å². The molecule has 0 amide bonds. The summed E-state index contributed by atoms with van der Waals surface area (Å²) < 4.78 is 80.4. The number of alkyl halides is 6. The molecule has 10 nitrogen and oxygen atoms in total. The van der Waals surface area contributed by atoms with E-state index in [2.05, 4.69) is 36.9 Å². The third kappa shape index (κ3) is 7.23. The second-order valence-corrected chi connectivity index (χ2v) is 11.5. The Kier molecular flexibility index (Phi) is 9.18. The lowest BCUT2D eigenvalue weighted by Crippen LogP contribution is -2.52. The number of piperazine rings is 1. The number of nitrogens with zero attached hydrogens (tertiary/aromatic N) is 6. The Bertz CT molecular complexity index is 1260. The summed E-state index contributed by atoms with van der Waals surface area (Å²) in [7, 11) is 0. The zero-order valence-corrected chi connectivity index (χ0v) is 23.7. The average molecular weight is 620 g/mol. The third-order valence-corrected chi connectivity index (χ3v) is 8.63. The van der Waals surface area contributed by atoms with Crippen LogP contribution in [-0.2, 0) is 15.7 Å². The van der Waals surface area contributed by atoms with Gasteiger partial charge in [0.1, 0.15) is 5.82 Å². The lowest BCUT2D eigenvalue weighted by Gasteiger charge is -2.44. The second kappa shape index (κ2) is 12.6. The molecule has 3 saturated heterocycles. The zero-order valence-electron chi connectivity index (χ0n) is 23.7. The van der Waals surface area contributed by atoms with Gasteiger partial charge in [-0.2, -0.15) is 31.4 Å². The van der Waals surface area contributed by atoms with Gasteiger partial charge >= 0.3 is 18.3 Å². The first-order chi connectivity index (χ1) is 20.3. The van der Waals surface area contributed by atoms with Gasteiger partial charge in [-0.15, -0.1) is 0 Å². The fourth-order valence-corrected chi connectivity index (χ4v) is 6.13. The number of hydrogen-bond acceptors (Lipinski definition) is 8. The number of rotatable bonds is 5. The Labute approximate surface area is 244 Å². The summed E-state index contributed by atoms with van der Waals surface area (Å²) in [6.45, 7) is 8.74. The molecule has 5 heterocycles. The van der Waals surface area contributed by atoms with E-state index in [0.29, 0.717) is 49.8 Å². The molecule has 43 heavy (non-hydrogen) atoms. The number of piperidine rings is 1. The van der Waals surface area contributed by atoms with Crippen molar-refractivity contribution in [2.24, 2.45) is 0 Å². The number of halogens is 6. The quantitative estimate of drug-likeness (QED) is 0.484. The number of carboxylic acids is 1. The number of aromatic nitrogens is 4. The summed E-state index contributed by atoms with van der Waals surface area (Å²) in [6, 6.07) is 2.54. The van der Waals surface area contributed by atoms with E-state index < -0.39 is 24.1 Å². The molecule has 1 aliphatic carbocycles. The molecule has 2 aromatic rings. The first-order valence-corrected chi connectivity index (χ1v) is 14.4. The lowest BCUT2D eigenvalue weighted by atomic mass is 9.77. The van der Waals surface area contributed by atoms with Crippen LogP contribution >= 0.6 is 0 Å².